The molecule has 0 bridgehead atoms. The Morgan fingerprint density at radius 3 is 2.13 bits per heavy atom. The molecule has 6 rings (SSSR count). The van der Waals surface area contributed by atoms with Crippen LogP contribution in [0.25, 0.3) is 27.8 Å². The molecule has 1 aliphatic carbocycles. The number of carbonyl (C=O) groups excluding carboxylic acids is 2. The van der Waals surface area contributed by atoms with E-state index in [0.717, 1.165) is 51.6 Å². The van der Waals surface area contributed by atoms with Gasteiger partial charge in [-0.3, -0.25) is 4.68 Å². The minimum atomic E-state index is -0.731. The van der Waals surface area contributed by atoms with Crippen molar-refractivity contribution in [3.8, 4) is 28.3 Å². The first-order valence-corrected chi connectivity index (χ1v) is 15.1. The number of anilines is 1. The molecular weight excluding hydrogens is 572 g/mol. The second-order valence-corrected chi connectivity index (χ2v) is 13.9. The Hall–Kier alpha value is -4.92. The maximum atomic E-state index is 13.0. The van der Waals surface area contributed by atoms with Gasteiger partial charge in [-0.25, -0.2) is 24.0 Å². The van der Waals surface area contributed by atoms with E-state index in [9.17, 15) is 14.9 Å². The third-order valence-electron chi connectivity index (χ3n) is 8.15. The molecular formula is C33H38N8O4. The molecule has 0 spiro atoms. The largest absolute Gasteiger partial charge is 0.443 e. The van der Waals surface area contributed by atoms with E-state index < -0.39 is 23.4 Å². The molecule has 2 fully saturated rings. The SMILES string of the molecule is Cn1cc(-c2cc(-c3ccc(N4C[C@@H]5C(CN(C(=O)OC(C)(C)C)C(=O)OC(C)(C)C)[C@@H]5C4)nc3)c3c(C#N)cnn3c2)cn1. The molecule has 234 valence electrons. The molecule has 4 aromatic heterocycles. The first-order valence-electron chi connectivity index (χ1n) is 15.1. The number of imide groups is 1. The van der Waals surface area contributed by atoms with Crippen molar-refractivity contribution in [2.24, 2.45) is 24.8 Å². The number of rotatable bonds is 5. The van der Waals surface area contributed by atoms with Crippen molar-refractivity contribution in [3.63, 3.8) is 0 Å². The number of nitriles is 1. The lowest BCUT2D eigenvalue weighted by Crippen LogP contribution is -2.45. The van der Waals surface area contributed by atoms with Gasteiger partial charge in [0.05, 0.1) is 23.5 Å². The molecule has 4 aromatic rings. The summed E-state index contributed by atoms with van der Waals surface area (Å²) in [6.45, 7) is 12.5. The van der Waals surface area contributed by atoms with Gasteiger partial charge in [-0.1, -0.05) is 0 Å². The van der Waals surface area contributed by atoms with E-state index in [1.54, 1.807) is 63.1 Å². The van der Waals surface area contributed by atoms with Crippen LogP contribution in [0.4, 0.5) is 15.4 Å². The quantitative estimate of drug-likeness (QED) is 0.286. The first kappa shape index (κ1) is 30.1. The fourth-order valence-electron chi connectivity index (χ4n) is 6.06. The van der Waals surface area contributed by atoms with Gasteiger partial charge in [0, 0.05) is 67.5 Å². The maximum Gasteiger partial charge on any atom is 0.419 e. The summed E-state index contributed by atoms with van der Waals surface area (Å²) in [5.74, 6) is 1.70. The van der Waals surface area contributed by atoms with Crippen LogP contribution in [0.1, 0.15) is 47.1 Å². The zero-order valence-corrected chi connectivity index (χ0v) is 26.7. The summed E-state index contributed by atoms with van der Waals surface area (Å²) in [5, 5.41) is 18.5. The lowest BCUT2D eigenvalue weighted by Gasteiger charge is -2.29. The Bertz CT molecular complexity index is 1770. The van der Waals surface area contributed by atoms with Crippen molar-refractivity contribution < 1.29 is 19.1 Å². The number of pyridine rings is 2. The predicted octanol–water partition coefficient (Wildman–Crippen LogP) is 5.52. The Morgan fingerprint density at radius 1 is 0.933 bits per heavy atom. The van der Waals surface area contributed by atoms with Crippen LogP contribution in [0.15, 0.2) is 49.2 Å². The van der Waals surface area contributed by atoms with Crippen molar-refractivity contribution >= 4 is 23.5 Å². The Balaban J connectivity index is 1.17. The van der Waals surface area contributed by atoms with E-state index in [0.29, 0.717) is 17.4 Å². The standard InChI is InChI=1S/C33H38N8O4/c1-32(2,3)44-30(42)40(31(43)45-33(4,5)6)19-27-25-17-39(18-26(25)27)28-9-8-20(12-35-28)24-10-21(23-14-36-38(7)15-23)16-41-29(24)22(11-34)13-37-41/h8-10,12-16,25-27H,17-19H2,1-7H3/t25-,26+,27?. The fraction of sp³-hybridized carbons (Fsp3) is 0.455. The number of piperidine rings is 1. The summed E-state index contributed by atoms with van der Waals surface area (Å²) in [4.78, 5) is 34.1. The van der Waals surface area contributed by atoms with Crippen LogP contribution in [0.3, 0.4) is 0 Å². The molecule has 1 saturated heterocycles. The van der Waals surface area contributed by atoms with Gasteiger partial charge in [-0.2, -0.15) is 15.5 Å². The lowest BCUT2D eigenvalue weighted by molar-refractivity contribution is 0.0000801. The van der Waals surface area contributed by atoms with Crippen LogP contribution in [0.2, 0.25) is 0 Å². The zero-order chi connectivity index (χ0) is 32.3. The van der Waals surface area contributed by atoms with Gasteiger partial charge >= 0.3 is 12.2 Å². The molecule has 0 radical (unpaired) electrons. The molecule has 45 heavy (non-hydrogen) atoms. The van der Waals surface area contributed by atoms with E-state index in [-0.39, 0.29) is 12.5 Å². The molecule has 12 heteroatoms. The van der Waals surface area contributed by atoms with Gasteiger partial charge in [0.1, 0.15) is 23.1 Å². The van der Waals surface area contributed by atoms with E-state index in [1.807, 2.05) is 43.8 Å². The summed E-state index contributed by atoms with van der Waals surface area (Å²) in [6, 6.07) is 8.32. The van der Waals surface area contributed by atoms with Gasteiger partial charge in [0.15, 0.2) is 0 Å². The maximum absolute atomic E-state index is 13.0. The fourth-order valence-corrected chi connectivity index (χ4v) is 6.06. The van der Waals surface area contributed by atoms with E-state index in [4.69, 9.17) is 14.5 Å². The number of aromatic nitrogens is 5. The minimum Gasteiger partial charge on any atom is -0.443 e. The normalized spacial score (nSPS) is 19.2. The van der Waals surface area contributed by atoms with Crippen molar-refractivity contribution in [2.45, 2.75) is 52.7 Å². The van der Waals surface area contributed by atoms with Gasteiger partial charge < -0.3 is 14.4 Å². The smallest absolute Gasteiger partial charge is 0.419 e. The average molecular weight is 611 g/mol. The van der Waals surface area contributed by atoms with Crippen LogP contribution in [0.5, 0.6) is 0 Å². The molecule has 2 aliphatic rings. The predicted molar refractivity (Wildman–Crippen MR) is 167 cm³/mol. The number of amides is 2. The zero-order valence-electron chi connectivity index (χ0n) is 26.7. The molecule has 0 aromatic carbocycles. The Labute approximate surface area is 262 Å². The highest BCUT2D eigenvalue weighted by Crippen LogP contribution is 2.53. The first-order chi connectivity index (χ1) is 21.2. The number of carbonyl (C=O) groups is 2. The molecule has 1 unspecified atom stereocenters. The van der Waals surface area contributed by atoms with Gasteiger partial charge in [-0.15, -0.1) is 0 Å². The molecule has 3 atom stereocenters. The number of ether oxygens (including phenoxy) is 2. The summed E-state index contributed by atoms with van der Waals surface area (Å²) >= 11 is 0. The van der Waals surface area contributed by atoms with Crippen LogP contribution in [-0.4, -0.2) is 72.3 Å². The van der Waals surface area contributed by atoms with Crippen LogP contribution in [-0.2, 0) is 16.5 Å². The number of hydrogen-bond donors (Lipinski definition) is 0. The monoisotopic (exact) mass is 610 g/mol. The van der Waals surface area contributed by atoms with Crippen molar-refractivity contribution in [2.75, 3.05) is 24.5 Å². The molecule has 12 nitrogen and oxygen atoms in total. The average Bonchev–Trinajstić information content (AvgIpc) is 3.39. The molecule has 1 saturated carbocycles. The molecule has 1 aliphatic heterocycles. The second-order valence-electron chi connectivity index (χ2n) is 13.9. The van der Waals surface area contributed by atoms with Crippen molar-refractivity contribution in [1.82, 2.24) is 29.3 Å². The lowest BCUT2D eigenvalue weighted by atomic mass is 10.0. The van der Waals surface area contributed by atoms with E-state index in [2.05, 4.69) is 21.2 Å². The summed E-state index contributed by atoms with van der Waals surface area (Å²) < 4.78 is 14.5. The third kappa shape index (κ3) is 6.20. The topological polar surface area (TPSA) is 131 Å². The van der Waals surface area contributed by atoms with E-state index in [1.165, 1.54) is 0 Å². The number of aryl methyl sites for hydroxylation is 1. The Kier molecular flexibility index (Phi) is 7.30. The van der Waals surface area contributed by atoms with Crippen LogP contribution < -0.4 is 4.90 Å². The Morgan fingerprint density at radius 2 is 1.60 bits per heavy atom. The molecule has 0 N–H and O–H groups in total. The highest BCUT2D eigenvalue weighted by molar-refractivity contribution is 5.89. The molecule has 2 amide bonds. The van der Waals surface area contributed by atoms with Crippen LogP contribution in [0, 0.1) is 29.1 Å². The number of hydrogen-bond acceptors (Lipinski definition) is 9. The van der Waals surface area contributed by atoms with Crippen molar-refractivity contribution in [3.05, 3.63) is 54.7 Å². The summed E-state index contributed by atoms with van der Waals surface area (Å²) in [6.07, 6.45) is 7.68. The second kappa shape index (κ2) is 10.9. The molecule has 5 heterocycles. The summed E-state index contributed by atoms with van der Waals surface area (Å²) in [7, 11) is 1.87. The highest BCUT2D eigenvalue weighted by atomic mass is 16.6. The number of nitrogens with zero attached hydrogens (tertiary/aromatic N) is 8. The van der Waals surface area contributed by atoms with E-state index >= 15 is 0 Å². The van der Waals surface area contributed by atoms with Crippen molar-refractivity contribution in [1.29, 1.82) is 5.26 Å². The van der Waals surface area contributed by atoms with Gasteiger partial charge in [-0.05, 0) is 77.5 Å². The highest BCUT2D eigenvalue weighted by Gasteiger charge is 2.57. The van der Waals surface area contributed by atoms with Gasteiger partial charge in [0.2, 0.25) is 0 Å². The summed E-state index contributed by atoms with van der Waals surface area (Å²) in [5.41, 5.74) is 3.37. The minimum absolute atomic E-state index is 0.176. The van der Waals surface area contributed by atoms with Crippen LogP contribution >= 0.6 is 0 Å². The van der Waals surface area contributed by atoms with Gasteiger partial charge in [0.25, 0.3) is 0 Å². The third-order valence-corrected chi connectivity index (χ3v) is 8.15. The number of fused-ring (bicyclic) bond motifs is 2.